The number of benzene rings is 1. The number of aromatic amines is 1. The van der Waals surface area contributed by atoms with Crippen LogP contribution in [0, 0.1) is 6.92 Å². The molecule has 1 aromatic heterocycles. The number of carbonyl (C=O) groups is 1. The molecule has 0 spiro atoms. The van der Waals surface area contributed by atoms with Gasteiger partial charge in [-0.05, 0) is 36.5 Å². The zero-order valence-electron chi connectivity index (χ0n) is 9.92. The van der Waals surface area contributed by atoms with Crippen molar-refractivity contribution in [2.75, 3.05) is 0 Å². The molecule has 1 aliphatic carbocycles. The van der Waals surface area contributed by atoms with Crippen molar-refractivity contribution in [1.29, 1.82) is 0 Å². The van der Waals surface area contributed by atoms with Crippen molar-refractivity contribution in [3.63, 3.8) is 0 Å². The third-order valence-corrected chi connectivity index (χ3v) is 3.58. The highest BCUT2D eigenvalue weighted by atomic mass is 19.3. The van der Waals surface area contributed by atoms with Crippen LogP contribution in [0.25, 0.3) is 11.3 Å². The van der Waals surface area contributed by atoms with Gasteiger partial charge in [-0.2, -0.15) is 0 Å². The molecule has 0 saturated heterocycles. The first-order valence-corrected chi connectivity index (χ1v) is 5.85. The van der Waals surface area contributed by atoms with E-state index >= 15 is 0 Å². The number of aryl methyl sites for hydroxylation is 1. The molecule has 0 amide bonds. The summed E-state index contributed by atoms with van der Waals surface area (Å²) >= 11 is 0. The zero-order chi connectivity index (χ0) is 12.7. The molecule has 0 aliphatic heterocycles. The Morgan fingerprint density at radius 1 is 1.33 bits per heavy atom. The Morgan fingerprint density at radius 2 is 2.11 bits per heavy atom. The number of halogens is 1. The van der Waals surface area contributed by atoms with Gasteiger partial charge in [0.25, 0.3) is 0 Å². The number of carbonyl (C=O) groups excluding carboxylic acids is 1. The fourth-order valence-electron chi connectivity index (χ4n) is 2.66. The first kappa shape index (κ1) is 11.0. The molecule has 1 aromatic carbocycles. The Kier molecular flexibility index (Phi) is 2.44. The van der Waals surface area contributed by atoms with Gasteiger partial charge in [-0.25, -0.2) is 9.74 Å². The zero-order valence-corrected chi connectivity index (χ0v) is 9.92. The Hall–Kier alpha value is -2.10. The van der Waals surface area contributed by atoms with Gasteiger partial charge in [0, 0.05) is 15.8 Å². The molecule has 4 heteroatoms. The van der Waals surface area contributed by atoms with E-state index in [2.05, 4.69) is 16.0 Å². The van der Waals surface area contributed by atoms with Crippen LogP contribution in [0.1, 0.15) is 27.2 Å². The summed E-state index contributed by atoms with van der Waals surface area (Å²) in [5.74, 6) is -0.959. The first-order valence-electron chi connectivity index (χ1n) is 5.85. The predicted molar refractivity (Wildman–Crippen MR) is 64.9 cm³/mol. The number of H-pyrrole nitrogens is 1. The molecule has 0 unspecified atom stereocenters. The SMILES string of the molecule is Cc1c(C(=O)OF)[nH]c2c1CCc1ccccc1-2. The van der Waals surface area contributed by atoms with E-state index in [1.807, 2.05) is 25.1 Å². The van der Waals surface area contributed by atoms with E-state index in [1.165, 1.54) is 5.56 Å². The van der Waals surface area contributed by atoms with Crippen LogP contribution in [-0.2, 0) is 17.8 Å². The van der Waals surface area contributed by atoms with Gasteiger partial charge in [0.05, 0.1) is 0 Å². The summed E-state index contributed by atoms with van der Waals surface area (Å²) in [6, 6.07) is 8.03. The van der Waals surface area contributed by atoms with E-state index in [0.717, 1.165) is 35.2 Å². The predicted octanol–water partition coefficient (Wildman–Crippen LogP) is 3.13. The van der Waals surface area contributed by atoms with Crippen molar-refractivity contribution in [3.8, 4) is 11.3 Å². The van der Waals surface area contributed by atoms with E-state index in [0.29, 0.717) is 0 Å². The molecule has 18 heavy (non-hydrogen) atoms. The molecule has 0 radical (unpaired) electrons. The van der Waals surface area contributed by atoms with Gasteiger partial charge in [-0.1, -0.05) is 24.3 Å². The summed E-state index contributed by atoms with van der Waals surface area (Å²) in [4.78, 5) is 17.6. The van der Waals surface area contributed by atoms with Crippen molar-refractivity contribution in [1.82, 2.24) is 4.98 Å². The number of hydrogen-bond donors (Lipinski definition) is 1. The van der Waals surface area contributed by atoms with Crippen LogP contribution in [-0.4, -0.2) is 11.0 Å². The van der Waals surface area contributed by atoms with E-state index < -0.39 is 5.97 Å². The second kappa shape index (κ2) is 3.98. The maximum Gasteiger partial charge on any atom is 0.395 e. The van der Waals surface area contributed by atoms with Crippen molar-refractivity contribution >= 4 is 5.97 Å². The van der Waals surface area contributed by atoms with Crippen LogP contribution in [0.15, 0.2) is 24.3 Å². The number of hydrogen-bond acceptors (Lipinski definition) is 2. The summed E-state index contributed by atoms with van der Waals surface area (Å²) in [5, 5.41) is 0. The van der Waals surface area contributed by atoms with E-state index in [9.17, 15) is 9.32 Å². The fraction of sp³-hybridized carbons (Fsp3) is 0.214. The Labute approximate surface area is 103 Å². The van der Waals surface area contributed by atoms with E-state index in [1.54, 1.807) is 0 Å². The van der Waals surface area contributed by atoms with Crippen molar-refractivity contribution in [3.05, 3.63) is 46.6 Å². The number of nitrogens with one attached hydrogen (secondary N) is 1. The molecule has 1 N–H and O–H groups in total. The van der Waals surface area contributed by atoms with Gasteiger partial charge >= 0.3 is 5.97 Å². The van der Waals surface area contributed by atoms with Gasteiger partial charge in [0.2, 0.25) is 0 Å². The molecule has 92 valence electrons. The highest BCUT2D eigenvalue weighted by molar-refractivity contribution is 5.91. The molecule has 0 atom stereocenters. The maximum atomic E-state index is 12.0. The standard InChI is InChI=1S/C14H12FNO2/c1-8-10-7-6-9-4-2-3-5-11(9)13(10)16-12(8)14(17)18-15/h2-5,16H,6-7H2,1H3. The lowest BCUT2D eigenvalue weighted by molar-refractivity contribution is -0.0793. The van der Waals surface area contributed by atoms with Crippen LogP contribution >= 0.6 is 0 Å². The number of fused-ring (bicyclic) bond motifs is 3. The molecule has 3 rings (SSSR count). The minimum absolute atomic E-state index is 0.208. The summed E-state index contributed by atoms with van der Waals surface area (Å²) in [7, 11) is 0. The lowest BCUT2D eigenvalue weighted by Gasteiger charge is -2.16. The second-order valence-corrected chi connectivity index (χ2v) is 4.50. The summed E-state index contributed by atoms with van der Waals surface area (Å²) in [6.07, 6.45) is 1.79. The Morgan fingerprint density at radius 3 is 2.89 bits per heavy atom. The second-order valence-electron chi connectivity index (χ2n) is 4.50. The smallest absolute Gasteiger partial charge is 0.349 e. The molecule has 1 aliphatic rings. The number of aromatic nitrogens is 1. The molecule has 2 aromatic rings. The first-order chi connectivity index (χ1) is 8.72. The van der Waals surface area contributed by atoms with Gasteiger partial charge < -0.3 is 4.98 Å². The summed E-state index contributed by atoms with van der Waals surface area (Å²) < 4.78 is 12.0. The Balaban J connectivity index is 2.20. The molecule has 3 nitrogen and oxygen atoms in total. The van der Waals surface area contributed by atoms with Gasteiger partial charge in [-0.3, -0.25) is 0 Å². The largest absolute Gasteiger partial charge is 0.395 e. The minimum Gasteiger partial charge on any atom is -0.349 e. The average Bonchev–Trinajstić information content (AvgIpc) is 2.76. The third-order valence-electron chi connectivity index (χ3n) is 3.58. The van der Waals surface area contributed by atoms with Crippen LogP contribution in [0.3, 0.4) is 0 Å². The molecular weight excluding hydrogens is 233 g/mol. The minimum atomic E-state index is -0.959. The van der Waals surface area contributed by atoms with Gasteiger partial charge in [-0.15, -0.1) is 0 Å². The highest BCUT2D eigenvalue weighted by Gasteiger charge is 2.25. The lowest BCUT2D eigenvalue weighted by Crippen LogP contribution is -2.03. The van der Waals surface area contributed by atoms with Crippen molar-refractivity contribution in [2.45, 2.75) is 19.8 Å². The van der Waals surface area contributed by atoms with E-state index in [4.69, 9.17) is 0 Å². The quantitative estimate of drug-likeness (QED) is 0.838. The summed E-state index contributed by atoms with van der Waals surface area (Å²) in [6.45, 7) is 1.82. The van der Waals surface area contributed by atoms with E-state index in [-0.39, 0.29) is 5.69 Å². The van der Waals surface area contributed by atoms with Crippen molar-refractivity contribution < 1.29 is 14.3 Å². The third kappa shape index (κ3) is 1.45. The topological polar surface area (TPSA) is 42.1 Å². The van der Waals surface area contributed by atoms with Crippen molar-refractivity contribution in [2.24, 2.45) is 0 Å². The van der Waals surface area contributed by atoms with Crippen LogP contribution in [0.2, 0.25) is 0 Å². The lowest BCUT2D eigenvalue weighted by atomic mass is 9.89. The Bertz CT molecular complexity index is 631. The molecular formula is C14H12FNO2. The average molecular weight is 245 g/mol. The van der Waals surface area contributed by atoms with Crippen LogP contribution in [0.4, 0.5) is 4.53 Å². The summed E-state index contributed by atoms with van der Waals surface area (Å²) in [5.41, 5.74) is 5.30. The van der Waals surface area contributed by atoms with Gasteiger partial charge in [0.1, 0.15) is 5.69 Å². The maximum absolute atomic E-state index is 12.0. The van der Waals surface area contributed by atoms with Crippen LogP contribution in [0.5, 0.6) is 0 Å². The fourth-order valence-corrected chi connectivity index (χ4v) is 2.66. The molecule has 0 saturated carbocycles. The highest BCUT2D eigenvalue weighted by Crippen LogP contribution is 2.35. The molecule has 1 heterocycles. The normalized spacial score (nSPS) is 12.8. The van der Waals surface area contributed by atoms with Gasteiger partial charge in [0.15, 0.2) is 0 Å². The van der Waals surface area contributed by atoms with Crippen LogP contribution < -0.4 is 0 Å². The molecule has 0 fully saturated rings. The monoisotopic (exact) mass is 245 g/mol. The molecule has 0 bridgehead atoms. The number of rotatable bonds is 1.